The zero-order valence-corrected chi connectivity index (χ0v) is 9.14. The lowest BCUT2D eigenvalue weighted by molar-refractivity contribution is 0.126. The maximum Gasteiger partial charge on any atom is -0.0386 e. The normalized spacial score (nSPS) is 43.0. The van der Waals surface area contributed by atoms with Gasteiger partial charge in [0, 0.05) is 0 Å². The smallest absolute Gasteiger partial charge is 0.0386 e. The second-order valence-electron chi connectivity index (χ2n) is 4.76. The molecule has 0 nitrogen and oxygen atoms in total. The van der Waals surface area contributed by atoms with Crippen LogP contribution in [0, 0.1) is 23.7 Å². The maximum absolute atomic E-state index is 2.43. The summed E-state index contributed by atoms with van der Waals surface area (Å²) in [5.74, 6) is 4.00. The summed E-state index contributed by atoms with van der Waals surface area (Å²) in [7, 11) is 0. The summed E-state index contributed by atoms with van der Waals surface area (Å²) in [6, 6.07) is 0. The molecule has 72 valence electrons. The van der Waals surface area contributed by atoms with Crippen LogP contribution in [0.2, 0.25) is 0 Å². The van der Waals surface area contributed by atoms with E-state index in [9.17, 15) is 0 Å². The summed E-state index contributed by atoms with van der Waals surface area (Å²) in [5, 5.41) is 0. The summed E-state index contributed by atoms with van der Waals surface area (Å²) < 4.78 is 0. The molecule has 12 heavy (non-hydrogen) atoms. The highest BCUT2D eigenvalue weighted by molar-refractivity contribution is 4.80. The second-order valence-corrected chi connectivity index (χ2v) is 4.76. The van der Waals surface area contributed by atoms with E-state index in [4.69, 9.17) is 0 Å². The van der Waals surface area contributed by atoms with Gasteiger partial charge in [-0.1, -0.05) is 40.5 Å². The lowest BCUT2D eigenvalue weighted by Gasteiger charge is -2.38. The van der Waals surface area contributed by atoms with Crippen LogP contribution in [-0.4, -0.2) is 0 Å². The molecule has 0 N–H and O–H groups in total. The van der Waals surface area contributed by atoms with Crippen molar-refractivity contribution in [3.05, 3.63) is 0 Å². The summed E-state index contributed by atoms with van der Waals surface area (Å²) in [6.07, 6.45) is 5.76. The van der Waals surface area contributed by atoms with Crippen molar-refractivity contribution in [1.29, 1.82) is 0 Å². The third-order valence-electron chi connectivity index (χ3n) is 4.04. The molecule has 0 heterocycles. The van der Waals surface area contributed by atoms with Gasteiger partial charge in [0.25, 0.3) is 0 Å². The van der Waals surface area contributed by atoms with Gasteiger partial charge >= 0.3 is 0 Å². The minimum atomic E-state index is 0.970. The van der Waals surface area contributed by atoms with Crippen LogP contribution < -0.4 is 0 Å². The van der Waals surface area contributed by atoms with E-state index < -0.39 is 0 Å². The summed E-state index contributed by atoms with van der Waals surface area (Å²) in [6.45, 7) is 9.57. The van der Waals surface area contributed by atoms with Crippen molar-refractivity contribution in [2.45, 2.75) is 53.4 Å². The zero-order valence-electron chi connectivity index (χ0n) is 9.14. The van der Waals surface area contributed by atoms with E-state index in [-0.39, 0.29) is 0 Å². The fourth-order valence-corrected chi connectivity index (χ4v) is 2.80. The van der Waals surface area contributed by atoms with E-state index in [0.717, 1.165) is 23.7 Å². The Morgan fingerprint density at radius 2 is 1.17 bits per heavy atom. The molecule has 0 radical (unpaired) electrons. The Kier molecular flexibility index (Phi) is 3.61. The first-order valence-corrected chi connectivity index (χ1v) is 5.69. The number of hydrogen-bond acceptors (Lipinski definition) is 0. The van der Waals surface area contributed by atoms with Gasteiger partial charge in [-0.25, -0.2) is 0 Å². The summed E-state index contributed by atoms with van der Waals surface area (Å²) >= 11 is 0. The molecular formula is C12H24. The van der Waals surface area contributed by atoms with Crippen molar-refractivity contribution >= 4 is 0 Å². The summed E-state index contributed by atoms with van der Waals surface area (Å²) in [5.41, 5.74) is 0. The average Bonchev–Trinajstić information content (AvgIpc) is 2.09. The van der Waals surface area contributed by atoms with E-state index >= 15 is 0 Å². The Labute approximate surface area is 77.7 Å². The minimum Gasteiger partial charge on any atom is -0.0651 e. The van der Waals surface area contributed by atoms with Crippen LogP contribution in [0.1, 0.15) is 53.4 Å². The molecule has 0 bridgehead atoms. The lowest BCUT2D eigenvalue weighted by Crippen LogP contribution is -2.28. The predicted molar refractivity (Wildman–Crippen MR) is 55.1 cm³/mol. The zero-order chi connectivity index (χ0) is 9.14. The van der Waals surface area contributed by atoms with Crippen LogP contribution in [0.3, 0.4) is 0 Å². The third kappa shape index (κ3) is 2.02. The first-order chi connectivity index (χ1) is 5.69. The van der Waals surface area contributed by atoms with Crippen LogP contribution >= 0.6 is 0 Å². The van der Waals surface area contributed by atoms with Gasteiger partial charge in [-0.2, -0.15) is 0 Å². The molecule has 1 rings (SSSR count). The molecule has 0 heteroatoms. The van der Waals surface area contributed by atoms with Crippen molar-refractivity contribution in [1.82, 2.24) is 0 Å². The molecule has 4 atom stereocenters. The fraction of sp³-hybridized carbons (Fsp3) is 1.00. The average molecular weight is 168 g/mol. The van der Waals surface area contributed by atoms with E-state index in [1.165, 1.54) is 25.7 Å². The van der Waals surface area contributed by atoms with Gasteiger partial charge in [0.15, 0.2) is 0 Å². The molecule has 0 spiro atoms. The molecule has 1 aliphatic rings. The Morgan fingerprint density at radius 1 is 0.833 bits per heavy atom. The van der Waals surface area contributed by atoms with Gasteiger partial charge in [0.2, 0.25) is 0 Å². The van der Waals surface area contributed by atoms with Gasteiger partial charge in [0.1, 0.15) is 0 Å². The molecule has 0 aliphatic heterocycles. The molecule has 0 unspecified atom stereocenters. The second kappa shape index (κ2) is 4.30. The van der Waals surface area contributed by atoms with Crippen LogP contribution in [0.4, 0.5) is 0 Å². The molecule has 0 aromatic rings. The van der Waals surface area contributed by atoms with Crippen LogP contribution in [0.15, 0.2) is 0 Å². The number of hydrogen-bond donors (Lipinski definition) is 0. The Balaban J connectivity index is 2.52. The first-order valence-electron chi connectivity index (χ1n) is 5.69. The highest BCUT2D eigenvalue weighted by atomic mass is 14.4. The molecule has 0 amide bonds. The topological polar surface area (TPSA) is 0 Å². The fourth-order valence-electron chi connectivity index (χ4n) is 2.80. The van der Waals surface area contributed by atoms with Gasteiger partial charge in [-0.3, -0.25) is 0 Å². The van der Waals surface area contributed by atoms with Crippen molar-refractivity contribution in [3.63, 3.8) is 0 Å². The van der Waals surface area contributed by atoms with E-state index in [0.29, 0.717) is 0 Å². The molecule has 0 aromatic carbocycles. The Morgan fingerprint density at radius 3 is 1.42 bits per heavy atom. The first kappa shape index (κ1) is 10.1. The van der Waals surface area contributed by atoms with Crippen molar-refractivity contribution < 1.29 is 0 Å². The molecular weight excluding hydrogens is 144 g/mol. The largest absolute Gasteiger partial charge is 0.0651 e. The van der Waals surface area contributed by atoms with E-state index in [1.54, 1.807) is 0 Å². The third-order valence-corrected chi connectivity index (χ3v) is 4.04. The maximum atomic E-state index is 2.43. The van der Waals surface area contributed by atoms with Crippen molar-refractivity contribution in [2.75, 3.05) is 0 Å². The highest BCUT2D eigenvalue weighted by Crippen LogP contribution is 2.40. The lowest BCUT2D eigenvalue weighted by atomic mass is 9.68. The SMILES string of the molecule is CC[C@@H]1C[C@@H](C)[C@@H](C)C[C@@H]1CC. The molecule has 0 aromatic heterocycles. The number of rotatable bonds is 2. The Hall–Kier alpha value is 0. The monoisotopic (exact) mass is 168 g/mol. The van der Waals surface area contributed by atoms with Crippen molar-refractivity contribution in [2.24, 2.45) is 23.7 Å². The molecule has 1 fully saturated rings. The molecule has 1 aliphatic carbocycles. The Bertz CT molecular complexity index is 112. The highest BCUT2D eigenvalue weighted by Gasteiger charge is 2.30. The summed E-state index contributed by atoms with van der Waals surface area (Å²) in [4.78, 5) is 0. The van der Waals surface area contributed by atoms with Crippen LogP contribution in [-0.2, 0) is 0 Å². The van der Waals surface area contributed by atoms with Gasteiger partial charge < -0.3 is 0 Å². The van der Waals surface area contributed by atoms with Gasteiger partial charge in [-0.15, -0.1) is 0 Å². The van der Waals surface area contributed by atoms with Crippen molar-refractivity contribution in [3.8, 4) is 0 Å². The predicted octanol–water partition coefficient (Wildman–Crippen LogP) is 4.10. The molecule has 0 saturated heterocycles. The molecule has 1 saturated carbocycles. The quantitative estimate of drug-likeness (QED) is 0.582. The van der Waals surface area contributed by atoms with E-state index in [2.05, 4.69) is 27.7 Å². The van der Waals surface area contributed by atoms with E-state index in [1.807, 2.05) is 0 Å². The van der Waals surface area contributed by atoms with Crippen LogP contribution in [0.5, 0.6) is 0 Å². The van der Waals surface area contributed by atoms with Gasteiger partial charge in [-0.05, 0) is 36.5 Å². The standard InChI is InChI=1S/C12H24/c1-5-11-7-9(3)10(4)8-12(11)6-2/h9-12H,5-8H2,1-4H3/t9-,10+,11-,12+. The van der Waals surface area contributed by atoms with Crippen LogP contribution in [0.25, 0.3) is 0 Å². The van der Waals surface area contributed by atoms with Gasteiger partial charge in [0.05, 0.1) is 0 Å². The minimum absolute atomic E-state index is 0.970.